The Morgan fingerprint density at radius 1 is 1.05 bits per heavy atom. The summed E-state index contributed by atoms with van der Waals surface area (Å²) in [6, 6.07) is 10.5. The van der Waals surface area contributed by atoms with E-state index in [1.54, 1.807) is 6.07 Å². The van der Waals surface area contributed by atoms with Gasteiger partial charge in [0.05, 0.1) is 0 Å². The van der Waals surface area contributed by atoms with Crippen LogP contribution in [0.25, 0.3) is 0 Å². The Kier molecular flexibility index (Phi) is 4.48. The van der Waals surface area contributed by atoms with Gasteiger partial charge >= 0.3 is 0 Å². The van der Waals surface area contributed by atoms with E-state index >= 15 is 0 Å². The number of phenolic OH excluding ortho intramolecular Hbond substituents is 2. The van der Waals surface area contributed by atoms with Crippen molar-refractivity contribution in [3.63, 3.8) is 0 Å². The van der Waals surface area contributed by atoms with E-state index in [2.05, 4.69) is 5.32 Å². The monoisotopic (exact) mass is 285 g/mol. The van der Waals surface area contributed by atoms with Crippen LogP contribution < -0.4 is 5.32 Å². The molecule has 0 aliphatic rings. The molecule has 0 aliphatic carbocycles. The lowest BCUT2D eigenvalue weighted by Crippen LogP contribution is -2.26. The van der Waals surface area contributed by atoms with Gasteiger partial charge in [0.2, 0.25) is 0 Å². The molecule has 4 heteroatoms. The molecule has 2 aromatic rings. The quantitative estimate of drug-likeness (QED) is 0.756. The zero-order valence-electron chi connectivity index (χ0n) is 12.2. The molecule has 0 bridgehead atoms. The molecule has 110 valence electrons. The minimum absolute atomic E-state index is 0.103. The highest BCUT2D eigenvalue weighted by molar-refractivity contribution is 5.95. The summed E-state index contributed by atoms with van der Waals surface area (Å²) in [5, 5.41) is 21.8. The fourth-order valence-electron chi connectivity index (χ4n) is 2.23. The van der Waals surface area contributed by atoms with Crippen LogP contribution in [0.15, 0.2) is 36.4 Å². The predicted octanol–water partition coefficient (Wildman–Crippen LogP) is 2.69. The number of rotatable bonds is 4. The maximum atomic E-state index is 12.1. The van der Waals surface area contributed by atoms with Crippen molar-refractivity contribution >= 4 is 5.91 Å². The number of benzene rings is 2. The third-order valence-electron chi connectivity index (χ3n) is 3.50. The normalized spacial score (nSPS) is 10.4. The zero-order valence-corrected chi connectivity index (χ0v) is 12.2. The molecule has 0 aromatic heterocycles. The van der Waals surface area contributed by atoms with Gasteiger partial charge in [-0.2, -0.15) is 0 Å². The second-order valence-electron chi connectivity index (χ2n) is 5.09. The van der Waals surface area contributed by atoms with Crippen molar-refractivity contribution < 1.29 is 15.0 Å². The number of aryl methyl sites for hydroxylation is 2. The van der Waals surface area contributed by atoms with Crippen LogP contribution in [0.3, 0.4) is 0 Å². The number of phenols is 2. The zero-order chi connectivity index (χ0) is 15.4. The highest BCUT2D eigenvalue weighted by Crippen LogP contribution is 2.28. The first-order valence-electron chi connectivity index (χ1n) is 6.84. The van der Waals surface area contributed by atoms with Crippen LogP contribution in [-0.2, 0) is 6.42 Å². The van der Waals surface area contributed by atoms with E-state index in [4.69, 9.17) is 0 Å². The molecule has 0 heterocycles. The van der Waals surface area contributed by atoms with E-state index in [1.807, 2.05) is 32.0 Å². The number of aromatic hydroxyl groups is 2. The average Bonchev–Trinajstić information content (AvgIpc) is 2.44. The summed E-state index contributed by atoms with van der Waals surface area (Å²) >= 11 is 0. The molecule has 2 rings (SSSR count). The number of amides is 1. The maximum Gasteiger partial charge on any atom is 0.251 e. The second-order valence-corrected chi connectivity index (χ2v) is 5.09. The number of carbonyl (C=O) groups excluding carboxylic acids is 1. The van der Waals surface area contributed by atoms with Crippen molar-refractivity contribution in [3.05, 3.63) is 58.7 Å². The molecular weight excluding hydrogens is 266 g/mol. The van der Waals surface area contributed by atoms with Gasteiger partial charge in [0, 0.05) is 12.1 Å². The molecule has 0 saturated carbocycles. The van der Waals surface area contributed by atoms with Gasteiger partial charge in [-0.15, -0.1) is 0 Å². The van der Waals surface area contributed by atoms with Crippen LogP contribution in [-0.4, -0.2) is 22.7 Å². The van der Waals surface area contributed by atoms with E-state index in [0.29, 0.717) is 18.5 Å². The molecular formula is C17H19NO3. The lowest BCUT2D eigenvalue weighted by molar-refractivity contribution is 0.0953. The van der Waals surface area contributed by atoms with Crippen LogP contribution in [0.4, 0.5) is 0 Å². The number of hydrogen-bond donors (Lipinski definition) is 3. The van der Waals surface area contributed by atoms with Gasteiger partial charge < -0.3 is 15.5 Å². The Balaban J connectivity index is 1.97. The predicted molar refractivity (Wildman–Crippen MR) is 81.7 cm³/mol. The number of nitrogens with one attached hydrogen (secondary N) is 1. The fraction of sp³-hybridized carbons (Fsp3) is 0.235. The third-order valence-corrected chi connectivity index (χ3v) is 3.50. The van der Waals surface area contributed by atoms with Gasteiger partial charge in [-0.05, 0) is 55.2 Å². The van der Waals surface area contributed by atoms with Crippen LogP contribution in [0.1, 0.15) is 27.0 Å². The van der Waals surface area contributed by atoms with Gasteiger partial charge in [0.15, 0.2) is 11.5 Å². The Morgan fingerprint density at radius 2 is 1.71 bits per heavy atom. The Bertz CT molecular complexity index is 665. The van der Waals surface area contributed by atoms with Crippen LogP contribution in [0.5, 0.6) is 11.5 Å². The van der Waals surface area contributed by atoms with Crippen molar-refractivity contribution in [2.75, 3.05) is 6.54 Å². The average molecular weight is 285 g/mol. The Hall–Kier alpha value is -2.49. The molecule has 0 saturated heterocycles. The lowest BCUT2D eigenvalue weighted by Gasteiger charge is -2.10. The number of hydrogen-bond acceptors (Lipinski definition) is 3. The topological polar surface area (TPSA) is 69.6 Å². The SMILES string of the molecule is Cc1cc(O)c(O)cc1CCNC(=O)c1ccccc1C. The molecule has 0 unspecified atom stereocenters. The molecule has 1 amide bonds. The summed E-state index contributed by atoms with van der Waals surface area (Å²) < 4.78 is 0. The van der Waals surface area contributed by atoms with Crippen molar-refractivity contribution in [3.8, 4) is 11.5 Å². The van der Waals surface area contributed by atoms with E-state index in [9.17, 15) is 15.0 Å². The van der Waals surface area contributed by atoms with Crippen LogP contribution in [0.2, 0.25) is 0 Å². The number of carbonyl (C=O) groups is 1. The molecule has 0 radical (unpaired) electrons. The fourth-order valence-corrected chi connectivity index (χ4v) is 2.23. The van der Waals surface area contributed by atoms with Gasteiger partial charge in [0.1, 0.15) is 0 Å². The minimum Gasteiger partial charge on any atom is -0.504 e. The smallest absolute Gasteiger partial charge is 0.251 e. The molecule has 0 fully saturated rings. The van der Waals surface area contributed by atoms with Crippen molar-refractivity contribution in [2.24, 2.45) is 0 Å². The van der Waals surface area contributed by atoms with E-state index in [1.165, 1.54) is 12.1 Å². The Labute approximate surface area is 124 Å². The van der Waals surface area contributed by atoms with Crippen LogP contribution >= 0.6 is 0 Å². The third kappa shape index (κ3) is 3.54. The van der Waals surface area contributed by atoms with E-state index in [-0.39, 0.29) is 17.4 Å². The van der Waals surface area contributed by atoms with Gasteiger partial charge in [-0.3, -0.25) is 4.79 Å². The first-order chi connectivity index (χ1) is 9.99. The molecule has 0 spiro atoms. The van der Waals surface area contributed by atoms with Gasteiger partial charge in [-0.1, -0.05) is 18.2 Å². The highest BCUT2D eigenvalue weighted by atomic mass is 16.3. The summed E-state index contributed by atoms with van der Waals surface area (Å²) in [5.74, 6) is -0.366. The summed E-state index contributed by atoms with van der Waals surface area (Å²) in [7, 11) is 0. The van der Waals surface area contributed by atoms with E-state index in [0.717, 1.165) is 16.7 Å². The minimum atomic E-state index is -0.138. The molecule has 2 aromatic carbocycles. The lowest BCUT2D eigenvalue weighted by atomic mass is 10.0. The highest BCUT2D eigenvalue weighted by Gasteiger charge is 2.09. The maximum absolute atomic E-state index is 12.1. The molecule has 3 N–H and O–H groups in total. The Morgan fingerprint density at radius 3 is 2.43 bits per heavy atom. The van der Waals surface area contributed by atoms with Gasteiger partial charge in [0.25, 0.3) is 5.91 Å². The van der Waals surface area contributed by atoms with Crippen molar-refractivity contribution in [1.82, 2.24) is 5.32 Å². The van der Waals surface area contributed by atoms with Crippen molar-refractivity contribution in [2.45, 2.75) is 20.3 Å². The standard InChI is InChI=1S/C17H19NO3/c1-11-5-3-4-6-14(11)17(21)18-8-7-13-10-16(20)15(19)9-12(13)2/h3-6,9-10,19-20H,7-8H2,1-2H3,(H,18,21). The summed E-state index contributed by atoms with van der Waals surface area (Å²) in [5.41, 5.74) is 3.39. The first kappa shape index (κ1) is 14.9. The van der Waals surface area contributed by atoms with Gasteiger partial charge in [-0.25, -0.2) is 0 Å². The summed E-state index contributed by atoms with van der Waals surface area (Å²) in [6.07, 6.45) is 0.595. The molecule has 4 nitrogen and oxygen atoms in total. The van der Waals surface area contributed by atoms with Crippen LogP contribution in [0, 0.1) is 13.8 Å². The second kappa shape index (κ2) is 6.31. The molecule has 0 atom stereocenters. The summed E-state index contributed by atoms with van der Waals surface area (Å²) in [6.45, 7) is 4.23. The molecule has 21 heavy (non-hydrogen) atoms. The summed E-state index contributed by atoms with van der Waals surface area (Å²) in [4.78, 5) is 12.1. The molecule has 0 aliphatic heterocycles. The van der Waals surface area contributed by atoms with E-state index < -0.39 is 0 Å². The largest absolute Gasteiger partial charge is 0.504 e. The first-order valence-corrected chi connectivity index (χ1v) is 6.84. The van der Waals surface area contributed by atoms with Crippen molar-refractivity contribution in [1.29, 1.82) is 0 Å².